The molecule has 0 aromatic carbocycles. The van der Waals surface area contributed by atoms with E-state index in [0.29, 0.717) is 12.4 Å². The van der Waals surface area contributed by atoms with E-state index < -0.39 is 0 Å². The Morgan fingerprint density at radius 3 is 3.00 bits per heavy atom. The second kappa shape index (κ2) is 6.44. The Bertz CT molecular complexity index is 1180. The zero-order valence-corrected chi connectivity index (χ0v) is 15.8. The molecule has 7 heteroatoms. The molecule has 0 radical (unpaired) electrons. The third kappa shape index (κ3) is 2.89. The highest BCUT2D eigenvalue weighted by molar-refractivity contribution is 7.13. The van der Waals surface area contributed by atoms with Crippen molar-refractivity contribution in [3.63, 3.8) is 0 Å². The number of pyridine rings is 1. The number of imidazole rings is 1. The Balaban J connectivity index is 1.44. The van der Waals surface area contributed by atoms with Crippen molar-refractivity contribution in [2.24, 2.45) is 0 Å². The highest BCUT2D eigenvalue weighted by Gasteiger charge is 2.23. The molecule has 0 fully saturated rings. The van der Waals surface area contributed by atoms with Crippen LogP contribution in [-0.4, -0.2) is 30.8 Å². The smallest absolute Gasteiger partial charge is 0.255 e. The summed E-state index contributed by atoms with van der Waals surface area (Å²) in [5.41, 5.74) is 4.85. The predicted molar refractivity (Wildman–Crippen MR) is 106 cm³/mol. The summed E-state index contributed by atoms with van der Waals surface area (Å²) in [5.74, 6) is 0.680. The maximum atomic E-state index is 12.7. The number of fused-ring (bicyclic) bond motifs is 2. The zero-order chi connectivity index (χ0) is 18.4. The number of aromatic amines is 1. The molecule has 0 bridgehead atoms. The van der Waals surface area contributed by atoms with Gasteiger partial charge in [0, 0.05) is 32.3 Å². The molecule has 1 aliphatic heterocycles. The SMILES string of the molecule is Cc1nc2ccccn2c1CN1CCc2nc(-c3cccs3)[nH]c(=O)c2C1. The van der Waals surface area contributed by atoms with Gasteiger partial charge in [0.05, 0.1) is 27.5 Å². The number of nitrogens with zero attached hydrogens (tertiary/aromatic N) is 4. The minimum atomic E-state index is -0.0250. The van der Waals surface area contributed by atoms with E-state index in [2.05, 4.69) is 19.3 Å². The zero-order valence-electron chi connectivity index (χ0n) is 15.0. The topological polar surface area (TPSA) is 66.3 Å². The first-order chi connectivity index (χ1) is 13.2. The molecular formula is C20H19N5OS. The van der Waals surface area contributed by atoms with E-state index in [0.717, 1.165) is 47.0 Å². The van der Waals surface area contributed by atoms with Crippen LogP contribution in [0.15, 0.2) is 46.7 Å². The number of aryl methyl sites for hydroxylation is 1. The molecule has 1 N–H and O–H groups in total. The molecule has 0 atom stereocenters. The first-order valence-corrected chi connectivity index (χ1v) is 9.88. The van der Waals surface area contributed by atoms with E-state index in [-0.39, 0.29) is 5.56 Å². The van der Waals surface area contributed by atoms with Crippen LogP contribution in [0.25, 0.3) is 16.3 Å². The van der Waals surface area contributed by atoms with Gasteiger partial charge in [-0.15, -0.1) is 11.3 Å². The lowest BCUT2D eigenvalue weighted by Crippen LogP contribution is -2.35. The number of hydrogen-bond donors (Lipinski definition) is 1. The van der Waals surface area contributed by atoms with Gasteiger partial charge in [0.25, 0.3) is 5.56 Å². The molecule has 5 heterocycles. The normalized spacial score (nSPS) is 14.6. The Morgan fingerprint density at radius 1 is 1.22 bits per heavy atom. The fourth-order valence-corrected chi connectivity index (χ4v) is 4.38. The molecule has 0 unspecified atom stereocenters. The first-order valence-electron chi connectivity index (χ1n) is 9.00. The van der Waals surface area contributed by atoms with Gasteiger partial charge in [-0.3, -0.25) is 9.69 Å². The first kappa shape index (κ1) is 16.4. The Kier molecular flexibility index (Phi) is 3.91. The van der Waals surface area contributed by atoms with Crippen molar-refractivity contribution in [3.05, 3.63) is 74.9 Å². The van der Waals surface area contributed by atoms with E-state index in [1.807, 2.05) is 48.8 Å². The van der Waals surface area contributed by atoms with Crippen molar-refractivity contribution < 1.29 is 0 Å². The molecule has 6 nitrogen and oxygen atoms in total. The molecule has 1 aliphatic rings. The maximum Gasteiger partial charge on any atom is 0.255 e. The van der Waals surface area contributed by atoms with Gasteiger partial charge in [-0.2, -0.15) is 0 Å². The van der Waals surface area contributed by atoms with Crippen LogP contribution in [-0.2, 0) is 19.5 Å². The molecule has 0 saturated carbocycles. The van der Waals surface area contributed by atoms with E-state index in [4.69, 9.17) is 4.98 Å². The van der Waals surface area contributed by atoms with Gasteiger partial charge in [0.15, 0.2) is 5.82 Å². The van der Waals surface area contributed by atoms with Crippen LogP contribution in [0.1, 0.15) is 22.6 Å². The molecule has 0 amide bonds. The van der Waals surface area contributed by atoms with E-state index in [9.17, 15) is 4.79 Å². The van der Waals surface area contributed by atoms with Gasteiger partial charge in [0.2, 0.25) is 0 Å². The van der Waals surface area contributed by atoms with Crippen LogP contribution in [0, 0.1) is 6.92 Å². The summed E-state index contributed by atoms with van der Waals surface area (Å²) in [6.45, 7) is 4.30. The van der Waals surface area contributed by atoms with Gasteiger partial charge in [-0.25, -0.2) is 9.97 Å². The third-order valence-corrected chi connectivity index (χ3v) is 5.98. The lowest BCUT2D eigenvalue weighted by atomic mass is 10.1. The maximum absolute atomic E-state index is 12.7. The van der Waals surface area contributed by atoms with Crippen LogP contribution >= 0.6 is 11.3 Å². The van der Waals surface area contributed by atoms with E-state index in [1.54, 1.807) is 11.3 Å². The van der Waals surface area contributed by atoms with Crippen molar-refractivity contribution >= 4 is 17.0 Å². The average molecular weight is 377 g/mol. The Morgan fingerprint density at radius 2 is 2.15 bits per heavy atom. The van der Waals surface area contributed by atoms with E-state index >= 15 is 0 Å². The van der Waals surface area contributed by atoms with Crippen LogP contribution in [0.4, 0.5) is 0 Å². The van der Waals surface area contributed by atoms with Gasteiger partial charge in [-0.05, 0) is 30.5 Å². The molecule has 4 aromatic rings. The summed E-state index contributed by atoms with van der Waals surface area (Å²) in [6.07, 6.45) is 2.83. The molecule has 5 rings (SSSR count). The largest absolute Gasteiger partial charge is 0.306 e. The summed E-state index contributed by atoms with van der Waals surface area (Å²) < 4.78 is 2.13. The lowest BCUT2D eigenvalue weighted by molar-refractivity contribution is 0.238. The third-order valence-electron chi connectivity index (χ3n) is 5.10. The summed E-state index contributed by atoms with van der Waals surface area (Å²) >= 11 is 1.59. The van der Waals surface area contributed by atoms with Crippen LogP contribution in [0.3, 0.4) is 0 Å². The van der Waals surface area contributed by atoms with Crippen molar-refractivity contribution in [1.29, 1.82) is 0 Å². The number of H-pyrrole nitrogens is 1. The summed E-state index contributed by atoms with van der Waals surface area (Å²) in [4.78, 5) is 28.3. The molecule has 0 spiro atoms. The minimum absolute atomic E-state index is 0.0250. The van der Waals surface area contributed by atoms with Crippen molar-refractivity contribution in [2.75, 3.05) is 6.54 Å². The fraction of sp³-hybridized carbons (Fsp3) is 0.250. The molecule has 4 aromatic heterocycles. The highest BCUT2D eigenvalue weighted by atomic mass is 32.1. The summed E-state index contributed by atoms with van der Waals surface area (Å²) in [5, 5.41) is 1.99. The van der Waals surface area contributed by atoms with Gasteiger partial charge < -0.3 is 9.38 Å². The number of rotatable bonds is 3. The van der Waals surface area contributed by atoms with Crippen molar-refractivity contribution in [1.82, 2.24) is 24.3 Å². The van der Waals surface area contributed by atoms with Gasteiger partial charge >= 0.3 is 0 Å². The number of aromatic nitrogens is 4. The van der Waals surface area contributed by atoms with Gasteiger partial charge in [-0.1, -0.05) is 12.1 Å². The highest BCUT2D eigenvalue weighted by Crippen LogP contribution is 2.23. The standard InChI is InChI=1S/C20H19N5OS/c1-13-16(25-8-3-2-6-18(25)21-13)12-24-9-7-15-14(11-24)20(26)23-19(22-15)17-5-4-10-27-17/h2-6,8,10H,7,9,11-12H2,1H3,(H,22,23,26). The van der Waals surface area contributed by atoms with Gasteiger partial charge in [0.1, 0.15) is 5.65 Å². The number of hydrogen-bond acceptors (Lipinski definition) is 5. The monoisotopic (exact) mass is 377 g/mol. The van der Waals surface area contributed by atoms with E-state index in [1.165, 1.54) is 5.69 Å². The quantitative estimate of drug-likeness (QED) is 0.596. The molecule has 0 saturated heterocycles. The molecule has 0 aliphatic carbocycles. The second-order valence-corrected chi connectivity index (χ2v) is 7.80. The fourth-order valence-electron chi connectivity index (χ4n) is 3.71. The predicted octanol–water partition coefficient (Wildman–Crippen LogP) is 3.01. The minimum Gasteiger partial charge on any atom is -0.306 e. The Labute approximate surface area is 160 Å². The molecular weight excluding hydrogens is 358 g/mol. The number of thiophene rings is 1. The van der Waals surface area contributed by atoms with Crippen LogP contribution in [0.5, 0.6) is 0 Å². The van der Waals surface area contributed by atoms with Crippen LogP contribution < -0.4 is 5.56 Å². The molecule has 27 heavy (non-hydrogen) atoms. The summed E-state index contributed by atoms with van der Waals surface area (Å²) in [6, 6.07) is 9.99. The average Bonchev–Trinajstić information content (AvgIpc) is 3.31. The number of nitrogens with one attached hydrogen (secondary N) is 1. The Hall–Kier alpha value is -2.77. The second-order valence-electron chi connectivity index (χ2n) is 6.85. The van der Waals surface area contributed by atoms with Crippen LogP contribution in [0.2, 0.25) is 0 Å². The van der Waals surface area contributed by atoms with Crippen molar-refractivity contribution in [2.45, 2.75) is 26.4 Å². The van der Waals surface area contributed by atoms with Crippen molar-refractivity contribution in [3.8, 4) is 10.7 Å². The summed E-state index contributed by atoms with van der Waals surface area (Å²) in [7, 11) is 0. The molecule has 136 valence electrons. The lowest BCUT2D eigenvalue weighted by Gasteiger charge is -2.27.